The van der Waals surface area contributed by atoms with Gasteiger partial charge in [0.15, 0.2) is 16.4 Å². The number of hydrogen-bond acceptors (Lipinski definition) is 4. The Morgan fingerprint density at radius 1 is 1.12 bits per heavy atom. The number of amides is 1. The van der Waals surface area contributed by atoms with Crippen molar-refractivity contribution in [2.45, 2.75) is 19.0 Å². The monoisotopic (exact) mass is 377 g/mol. The van der Waals surface area contributed by atoms with Crippen LogP contribution in [0, 0.1) is 5.82 Å². The van der Waals surface area contributed by atoms with Crippen molar-refractivity contribution >= 4 is 15.7 Å². The Hall–Kier alpha value is -2.41. The molecule has 1 saturated heterocycles. The Labute approximate surface area is 152 Å². The molecule has 2 aromatic carbocycles. The molecule has 0 radical (unpaired) electrons. The summed E-state index contributed by atoms with van der Waals surface area (Å²) in [5.41, 5.74) is 0.740. The lowest BCUT2D eigenvalue weighted by Crippen LogP contribution is -2.43. The fourth-order valence-electron chi connectivity index (χ4n) is 2.97. The van der Waals surface area contributed by atoms with E-state index in [4.69, 9.17) is 4.74 Å². The smallest absolute Gasteiger partial charge is 0.261 e. The number of halogens is 1. The van der Waals surface area contributed by atoms with Gasteiger partial charge in [0.25, 0.3) is 5.91 Å². The van der Waals surface area contributed by atoms with Crippen LogP contribution < -0.4 is 4.74 Å². The predicted octanol–water partition coefficient (Wildman–Crippen LogP) is 2.42. The Balaban J connectivity index is 1.73. The van der Waals surface area contributed by atoms with Gasteiger partial charge in [-0.3, -0.25) is 4.79 Å². The highest BCUT2D eigenvalue weighted by Gasteiger charge is 2.34. The summed E-state index contributed by atoms with van der Waals surface area (Å²) in [4.78, 5) is 14.2. The van der Waals surface area contributed by atoms with Crippen molar-refractivity contribution in [1.82, 2.24) is 4.90 Å². The summed E-state index contributed by atoms with van der Waals surface area (Å²) in [5.74, 6) is -0.0558. The minimum atomic E-state index is -3.13. The van der Waals surface area contributed by atoms with E-state index in [1.807, 2.05) is 6.07 Å². The molecule has 1 atom stereocenters. The fraction of sp³-hybridized carbons (Fsp3) is 0.316. The number of hydrogen-bond donors (Lipinski definition) is 0. The van der Waals surface area contributed by atoms with E-state index < -0.39 is 15.9 Å². The molecular weight excluding hydrogens is 357 g/mol. The molecule has 3 rings (SSSR count). The average Bonchev–Trinajstić information content (AvgIpc) is 2.99. The van der Waals surface area contributed by atoms with Crippen LogP contribution in [-0.4, -0.2) is 43.4 Å². The minimum absolute atomic E-state index is 0.0503. The Kier molecular flexibility index (Phi) is 5.56. The summed E-state index contributed by atoms with van der Waals surface area (Å²) in [6.45, 7) is 0.0409. The lowest BCUT2D eigenvalue weighted by atomic mass is 10.1. The first-order chi connectivity index (χ1) is 12.4. The fourth-order valence-corrected chi connectivity index (χ4v) is 4.70. The summed E-state index contributed by atoms with van der Waals surface area (Å²) >= 11 is 0. The average molecular weight is 377 g/mol. The van der Waals surface area contributed by atoms with Gasteiger partial charge in [-0.05, 0) is 36.2 Å². The lowest BCUT2D eigenvalue weighted by molar-refractivity contribution is -0.136. The van der Waals surface area contributed by atoms with Gasteiger partial charge < -0.3 is 9.64 Å². The van der Waals surface area contributed by atoms with Crippen molar-refractivity contribution in [3.8, 4) is 5.75 Å². The van der Waals surface area contributed by atoms with Crippen molar-refractivity contribution < 1.29 is 22.3 Å². The second-order valence-corrected chi connectivity index (χ2v) is 8.54. The summed E-state index contributed by atoms with van der Waals surface area (Å²) in [6, 6.07) is 14.4. The number of ether oxygens (including phenoxy) is 1. The second kappa shape index (κ2) is 7.86. The molecule has 0 N–H and O–H groups in total. The molecule has 1 aliphatic rings. The first-order valence-electron chi connectivity index (χ1n) is 8.35. The molecule has 0 spiro atoms. The molecule has 1 aliphatic heterocycles. The summed E-state index contributed by atoms with van der Waals surface area (Å²) in [7, 11) is -3.13. The third-order valence-electron chi connectivity index (χ3n) is 4.34. The van der Waals surface area contributed by atoms with E-state index in [-0.39, 0.29) is 36.4 Å². The molecular formula is C19H20FNO4S. The number of nitrogens with zero attached hydrogens (tertiary/aromatic N) is 1. The molecule has 7 heteroatoms. The first kappa shape index (κ1) is 18.4. The minimum Gasteiger partial charge on any atom is -0.484 e. The zero-order valence-electron chi connectivity index (χ0n) is 14.2. The Morgan fingerprint density at radius 3 is 2.42 bits per heavy atom. The van der Waals surface area contributed by atoms with Crippen LogP contribution >= 0.6 is 0 Å². The van der Waals surface area contributed by atoms with Gasteiger partial charge in [-0.25, -0.2) is 12.8 Å². The Morgan fingerprint density at radius 2 is 1.81 bits per heavy atom. The third-order valence-corrected chi connectivity index (χ3v) is 6.09. The van der Waals surface area contributed by atoms with Gasteiger partial charge in [-0.1, -0.05) is 30.3 Å². The third kappa shape index (κ3) is 4.82. The van der Waals surface area contributed by atoms with Crippen LogP contribution in [0.15, 0.2) is 54.6 Å². The predicted molar refractivity (Wildman–Crippen MR) is 95.9 cm³/mol. The second-order valence-electron chi connectivity index (χ2n) is 6.31. The molecule has 1 heterocycles. The van der Waals surface area contributed by atoms with E-state index in [0.29, 0.717) is 12.2 Å². The quantitative estimate of drug-likeness (QED) is 0.776. The van der Waals surface area contributed by atoms with Gasteiger partial charge in [0.1, 0.15) is 11.6 Å². The van der Waals surface area contributed by atoms with Gasteiger partial charge in [-0.2, -0.15) is 0 Å². The maximum absolute atomic E-state index is 13.1. The molecule has 2 aromatic rings. The van der Waals surface area contributed by atoms with Gasteiger partial charge in [0, 0.05) is 12.6 Å². The molecule has 0 aromatic heterocycles. The molecule has 5 nitrogen and oxygen atoms in total. The van der Waals surface area contributed by atoms with Gasteiger partial charge in [0.2, 0.25) is 0 Å². The highest BCUT2D eigenvalue weighted by molar-refractivity contribution is 7.91. The van der Waals surface area contributed by atoms with E-state index in [1.54, 1.807) is 36.4 Å². The van der Waals surface area contributed by atoms with E-state index in [1.165, 1.54) is 17.0 Å². The topological polar surface area (TPSA) is 63.7 Å². The molecule has 138 valence electrons. The van der Waals surface area contributed by atoms with Crippen molar-refractivity contribution in [2.75, 3.05) is 18.1 Å². The van der Waals surface area contributed by atoms with Crippen molar-refractivity contribution in [1.29, 1.82) is 0 Å². The van der Waals surface area contributed by atoms with E-state index >= 15 is 0 Å². The summed E-state index contributed by atoms with van der Waals surface area (Å²) < 4.78 is 42.3. The zero-order chi connectivity index (χ0) is 18.6. The van der Waals surface area contributed by atoms with Crippen LogP contribution in [0.4, 0.5) is 4.39 Å². The van der Waals surface area contributed by atoms with Gasteiger partial charge in [-0.15, -0.1) is 0 Å². The number of rotatable bonds is 6. The first-order valence-corrected chi connectivity index (χ1v) is 10.2. The van der Waals surface area contributed by atoms with Crippen LogP contribution in [0.25, 0.3) is 0 Å². The molecule has 0 bridgehead atoms. The maximum atomic E-state index is 13.1. The standard InChI is InChI=1S/C19H20FNO4S/c20-16-8-6-15(7-9-16)12-21(17-10-11-26(23,24)14-17)19(22)13-25-18-4-2-1-3-5-18/h1-9,17H,10-14H2. The van der Waals surface area contributed by atoms with Crippen molar-refractivity contribution in [2.24, 2.45) is 0 Å². The molecule has 0 aliphatic carbocycles. The van der Waals surface area contributed by atoms with Crippen LogP contribution in [0.3, 0.4) is 0 Å². The van der Waals surface area contributed by atoms with Crippen molar-refractivity contribution in [3.63, 3.8) is 0 Å². The lowest BCUT2D eigenvalue weighted by Gasteiger charge is -2.28. The maximum Gasteiger partial charge on any atom is 0.261 e. The summed E-state index contributed by atoms with van der Waals surface area (Å²) in [6.07, 6.45) is 0.403. The number of sulfone groups is 1. The van der Waals surface area contributed by atoms with E-state index in [9.17, 15) is 17.6 Å². The molecule has 1 amide bonds. The largest absolute Gasteiger partial charge is 0.484 e. The van der Waals surface area contributed by atoms with Crippen LogP contribution in [-0.2, 0) is 21.2 Å². The molecule has 1 fully saturated rings. The van der Waals surface area contributed by atoms with E-state index in [0.717, 1.165) is 5.56 Å². The van der Waals surface area contributed by atoms with Gasteiger partial charge in [0.05, 0.1) is 11.5 Å². The van der Waals surface area contributed by atoms with Gasteiger partial charge >= 0.3 is 0 Å². The molecule has 1 unspecified atom stereocenters. The summed E-state index contributed by atoms with van der Waals surface area (Å²) in [5, 5.41) is 0. The number of benzene rings is 2. The van der Waals surface area contributed by atoms with Crippen LogP contribution in [0.5, 0.6) is 5.75 Å². The number of carbonyl (C=O) groups is 1. The highest BCUT2D eigenvalue weighted by atomic mass is 32.2. The van der Waals surface area contributed by atoms with Crippen LogP contribution in [0.1, 0.15) is 12.0 Å². The normalized spacial score (nSPS) is 18.4. The molecule has 26 heavy (non-hydrogen) atoms. The van der Waals surface area contributed by atoms with E-state index in [2.05, 4.69) is 0 Å². The van der Waals surface area contributed by atoms with Crippen molar-refractivity contribution in [3.05, 3.63) is 66.0 Å². The zero-order valence-corrected chi connectivity index (χ0v) is 15.0. The molecule has 0 saturated carbocycles. The SMILES string of the molecule is O=C(COc1ccccc1)N(Cc1ccc(F)cc1)C1CCS(=O)(=O)C1. The number of para-hydroxylation sites is 1. The highest BCUT2D eigenvalue weighted by Crippen LogP contribution is 2.21. The Bertz CT molecular complexity index is 853. The van der Waals surface area contributed by atoms with Crippen LogP contribution in [0.2, 0.25) is 0 Å². The number of carbonyl (C=O) groups excluding carboxylic acids is 1.